The number of esters is 1. The highest BCUT2D eigenvalue weighted by atomic mass is 16.6. The molecule has 124 valence electrons. The summed E-state index contributed by atoms with van der Waals surface area (Å²) in [5, 5.41) is 0. The van der Waals surface area contributed by atoms with E-state index in [9.17, 15) is 14.4 Å². The first-order valence-corrected chi connectivity index (χ1v) is 7.96. The highest BCUT2D eigenvalue weighted by molar-refractivity contribution is 6.21. The van der Waals surface area contributed by atoms with Crippen LogP contribution in [0.1, 0.15) is 67.2 Å². The van der Waals surface area contributed by atoms with Gasteiger partial charge in [0.25, 0.3) is 11.8 Å². The molecule has 1 aliphatic heterocycles. The van der Waals surface area contributed by atoms with E-state index in [1.54, 1.807) is 24.3 Å². The molecule has 0 radical (unpaired) electrons. The van der Waals surface area contributed by atoms with Crippen molar-refractivity contribution in [2.75, 3.05) is 6.54 Å². The molecule has 2 amide bonds. The Morgan fingerprint density at radius 1 is 1.00 bits per heavy atom. The number of hydrogen-bond donors (Lipinski definition) is 0. The molecule has 0 atom stereocenters. The Balaban J connectivity index is 1.73. The Labute approximate surface area is 136 Å². The van der Waals surface area contributed by atoms with Crippen LogP contribution in [0.4, 0.5) is 0 Å². The van der Waals surface area contributed by atoms with E-state index in [4.69, 9.17) is 4.74 Å². The van der Waals surface area contributed by atoms with Crippen molar-refractivity contribution < 1.29 is 19.1 Å². The van der Waals surface area contributed by atoms with Crippen LogP contribution in [-0.2, 0) is 9.53 Å². The van der Waals surface area contributed by atoms with E-state index in [-0.39, 0.29) is 17.8 Å². The van der Waals surface area contributed by atoms with Crippen molar-refractivity contribution in [3.05, 3.63) is 35.4 Å². The Hall–Kier alpha value is -2.17. The number of unbranched alkanes of at least 4 members (excludes halogenated alkanes) is 2. The number of fused-ring (bicyclic) bond motifs is 1. The molecule has 0 bridgehead atoms. The molecular formula is C18H23NO4. The summed E-state index contributed by atoms with van der Waals surface area (Å²) in [6.45, 7) is 5.91. The zero-order valence-corrected chi connectivity index (χ0v) is 13.9. The van der Waals surface area contributed by atoms with Crippen molar-refractivity contribution in [3.8, 4) is 0 Å². The van der Waals surface area contributed by atoms with Gasteiger partial charge in [-0.1, -0.05) is 18.6 Å². The minimum atomic E-state index is -0.461. The van der Waals surface area contributed by atoms with Gasteiger partial charge in [0, 0.05) is 13.0 Å². The van der Waals surface area contributed by atoms with Gasteiger partial charge >= 0.3 is 5.97 Å². The van der Waals surface area contributed by atoms with Crippen LogP contribution in [0, 0.1) is 0 Å². The van der Waals surface area contributed by atoms with Crippen LogP contribution in [0.15, 0.2) is 24.3 Å². The second-order valence-electron chi connectivity index (χ2n) is 6.70. The fourth-order valence-corrected chi connectivity index (χ4v) is 2.55. The lowest BCUT2D eigenvalue weighted by Crippen LogP contribution is -2.30. The van der Waals surface area contributed by atoms with E-state index < -0.39 is 5.60 Å². The van der Waals surface area contributed by atoms with Crippen LogP contribution in [0.2, 0.25) is 0 Å². The SMILES string of the molecule is CC(C)(C)OC(=O)CCCCCN1C(=O)c2ccccc2C1=O. The molecule has 0 aliphatic carbocycles. The third kappa shape index (κ3) is 4.41. The van der Waals surface area contributed by atoms with Gasteiger partial charge in [-0.2, -0.15) is 0 Å². The monoisotopic (exact) mass is 317 g/mol. The average Bonchev–Trinajstić information content (AvgIpc) is 2.70. The van der Waals surface area contributed by atoms with E-state index in [0.717, 1.165) is 6.42 Å². The van der Waals surface area contributed by atoms with E-state index in [2.05, 4.69) is 0 Å². The van der Waals surface area contributed by atoms with Crippen LogP contribution < -0.4 is 0 Å². The minimum absolute atomic E-state index is 0.210. The Morgan fingerprint density at radius 2 is 1.57 bits per heavy atom. The molecule has 0 saturated heterocycles. The topological polar surface area (TPSA) is 63.7 Å². The molecule has 23 heavy (non-hydrogen) atoms. The summed E-state index contributed by atoms with van der Waals surface area (Å²) in [6.07, 6.45) is 2.51. The number of rotatable bonds is 6. The molecule has 0 fully saturated rings. The molecule has 0 N–H and O–H groups in total. The van der Waals surface area contributed by atoms with Gasteiger partial charge in [0.1, 0.15) is 5.60 Å². The highest BCUT2D eigenvalue weighted by Gasteiger charge is 2.34. The van der Waals surface area contributed by atoms with Gasteiger partial charge in [0.2, 0.25) is 0 Å². The number of benzene rings is 1. The number of hydrogen-bond acceptors (Lipinski definition) is 4. The van der Waals surface area contributed by atoms with Gasteiger partial charge in [0.15, 0.2) is 0 Å². The first-order valence-electron chi connectivity index (χ1n) is 7.96. The Bertz CT molecular complexity index is 581. The van der Waals surface area contributed by atoms with Crippen molar-refractivity contribution in [1.82, 2.24) is 4.90 Å². The molecule has 1 aromatic rings. The van der Waals surface area contributed by atoms with Crippen molar-refractivity contribution in [3.63, 3.8) is 0 Å². The second-order valence-corrected chi connectivity index (χ2v) is 6.70. The molecule has 0 saturated carbocycles. The number of nitrogens with zero attached hydrogens (tertiary/aromatic N) is 1. The maximum absolute atomic E-state index is 12.2. The van der Waals surface area contributed by atoms with Crippen LogP contribution in [0.25, 0.3) is 0 Å². The molecule has 0 unspecified atom stereocenters. The average molecular weight is 317 g/mol. The van der Waals surface area contributed by atoms with Crippen molar-refractivity contribution in [1.29, 1.82) is 0 Å². The lowest BCUT2D eigenvalue weighted by molar-refractivity contribution is -0.154. The summed E-state index contributed by atoms with van der Waals surface area (Å²) in [7, 11) is 0. The van der Waals surface area contributed by atoms with E-state index >= 15 is 0 Å². The van der Waals surface area contributed by atoms with Crippen LogP contribution in [-0.4, -0.2) is 34.8 Å². The second kappa shape index (κ2) is 6.94. The van der Waals surface area contributed by atoms with Gasteiger partial charge in [-0.15, -0.1) is 0 Å². The molecule has 1 aromatic carbocycles. The Kier molecular flexibility index (Phi) is 5.19. The maximum atomic E-state index is 12.2. The van der Waals surface area contributed by atoms with E-state index in [1.165, 1.54) is 4.90 Å². The highest BCUT2D eigenvalue weighted by Crippen LogP contribution is 2.22. The lowest BCUT2D eigenvalue weighted by atomic mass is 10.1. The predicted octanol–water partition coefficient (Wildman–Crippen LogP) is 3.18. The first-order chi connectivity index (χ1) is 10.8. The predicted molar refractivity (Wildman–Crippen MR) is 86.1 cm³/mol. The summed E-state index contributed by atoms with van der Waals surface area (Å²) in [4.78, 5) is 37.2. The van der Waals surface area contributed by atoms with Crippen molar-refractivity contribution >= 4 is 17.8 Å². The lowest BCUT2D eigenvalue weighted by Gasteiger charge is -2.19. The van der Waals surface area contributed by atoms with Crippen molar-refractivity contribution in [2.45, 2.75) is 52.1 Å². The number of carbonyl (C=O) groups excluding carboxylic acids is 3. The normalized spacial score (nSPS) is 14.1. The third-order valence-electron chi connectivity index (χ3n) is 3.56. The molecule has 0 spiro atoms. The Morgan fingerprint density at radius 3 is 2.09 bits per heavy atom. The third-order valence-corrected chi connectivity index (χ3v) is 3.56. The number of amides is 2. The van der Waals surface area contributed by atoms with Crippen molar-refractivity contribution in [2.24, 2.45) is 0 Å². The molecule has 5 heteroatoms. The van der Waals surface area contributed by atoms with Crippen LogP contribution >= 0.6 is 0 Å². The summed E-state index contributed by atoms with van der Waals surface area (Å²) < 4.78 is 5.24. The summed E-state index contributed by atoms with van der Waals surface area (Å²) >= 11 is 0. The van der Waals surface area contributed by atoms with Gasteiger partial charge in [-0.3, -0.25) is 19.3 Å². The zero-order chi connectivity index (χ0) is 17.0. The quantitative estimate of drug-likeness (QED) is 0.459. The zero-order valence-electron chi connectivity index (χ0n) is 13.9. The molecular weight excluding hydrogens is 294 g/mol. The van der Waals surface area contributed by atoms with Gasteiger partial charge < -0.3 is 4.74 Å². The fraction of sp³-hybridized carbons (Fsp3) is 0.500. The minimum Gasteiger partial charge on any atom is -0.460 e. The molecule has 5 nitrogen and oxygen atoms in total. The standard InChI is InChI=1S/C18H23NO4/c1-18(2,3)23-15(20)11-5-4-8-12-19-16(21)13-9-6-7-10-14(13)17(19)22/h6-7,9-10H,4-5,8,11-12H2,1-3H3. The fourth-order valence-electron chi connectivity index (χ4n) is 2.55. The molecule has 1 aliphatic rings. The largest absolute Gasteiger partial charge is 0.460 e. The smallest absolute Gasteiger partial charge is 0.306 e. The molecule has 0 aromatic heterocycles. The van der Waals surface area contributed by atoms with Gasteiger partial charge in [-0.05, 0) is 45.7 Å². The van der Waals surface area contributed by atoms with E-state index in [1.807, 2.05) is 20.8 Å². The number of imide groups is 1. The molecule has 1 heterocycles. The number of carbonyl (C=O) groups is 3. The van der Waals surface area contributed by atoms with Gasteiger partial charge in [0.05, 0.1) is 11.1 Å². The summed E-state index contributed by atoms with van der Waals surface area (Å²) in [5.41, 5.74) is 0.495. The van der Waals surface area contributed by atoms with Gasteiger partial charge in [-0.25, -0.2) is 0 Å². The maximum Gasteiger partial charge on any atom is 0.306 e. The van der Waals surface area contributed by atoms with Crippen LogP contribution in [0.5, 0.6) is 0 Å². The number of ether oxygens (including phenoxy) is 1. The summed E-state index contributed by atoms with van der Waals surface area (Å²) in [6, 6.07) is 6.87. The summed E-state index contributed by atoms with van der Waals surface area (Å²) in [5.74, 6) is -0.659. The van der Waals surface area contributed by atoms with E-state index in [0.29, 0.717) is 36.9 Å². The molecule has 2 rings (SSSR count). The first kappa shape index (κ1) is 17.2. The van der Waals surface area contributed by atoms with Crippen LogP contribution in [0.3, 0.4) is 0 Å².